The van der Waals surface area contributed by atoms with Crippen molar-refractivity contribution in [1.29, 1.82) is 0 Å². The molecule has 1 fully saturated rings. The Morgan fingerprint density at radius 3 is 2.38 bits per heavy atom. The lowest BCUT2D eigenvalue weighted by molar-refractivity contribution is -0.121. The van der Waals surface area contributed by atoms with Crippen LogP contribution in [0.4, 0.5) is 5.82 Å². The van der Waals surface area contributed by atoms with Gasteiger partial charge in [0, 0.05) is 5.92 Å². The number of carbonyl (C=O) groups excluding carboxylic acids is 1. The van der Waals surface area contributed by atoms with Gasteiger partial charge in [0.25, 0.3) is 0 Å². The molecule has 1 N–H and O–H groups in total. The van der Waals surface area contributed by atoms with Crippen molar-refractivity contribution < 1.29 is 4.79 Å². The molecule has 1 amide bonds. The maximum Gasteiger partial charge on any atom is 0.228 e. The van der Waals surface area contributed by atoms with Crippen molar-refractivity contribution in [2.75, 3.05) is 5.32 Å². The number of nitrogens with one attached hydrogen (secondary N) is 1. The molecule has 1 aromatic rings. The summed E-state index contributed by atoms with van der Waals surface area (Å²) in [5.41, 5.74) is 0.310. The van der Waals surface area contributed by atoms with Gasteiger partial charge in [-0.2, -0.15) is 0 Å². The minimum atomic E-state index is -0.0287. The summed E-state index contributed by atoms with van der Waals surface area (Å²) < 4.78 is 0. The molecule has 0 radical (unpaired) electrons. The summed E-state index contributed by atoms with van der Waals surface area (Å²) in [7, 11) is 0. The largest absolute Gasteiger partial charge is 0.309 e. The van der Waals surface area contributed by atoms with E-state index in [1.54, 1.807) is 0 Å². The fourth-order valence-corrected chi connectivity index (χ4v) is 3.15. The van der Waals surface area contributed by atoms with Crippen LogP contribution in [-0.2, 0) is 4.79 Å². The molecule has 116 valence electrons. The predicted octanol–water partition coefficient (Wildman–Crippen LogP) is 4.57. The van der Waals surface area contributed by atoms with Gasteiger partial charge in [-0.3, -0.25) is 4.79 Å². The van der Waals surface area contributed by atoms with Gasteiger partial charge in [0.15, 0.2) is 11.0 Å². The third-order valence-electron chi connectivity index (χ3n) is 4.31. The summed E-state index contributed by atoms with van der Waals surface area (Å²) in [4.78, 5) is 20.1. The molecule has 1 heterocycles. The zero-order valence-corrected chi connectivity index (χ0v) is 14.1. The molecule has 0 spiro atoms. The molecule has 1 saturated carbocycles. The zero-order chi connectivity index (χ0) is 15.6. The minimum Gasteiger partial charge on any atom is -0.309 e. The Balaban J connectivity index is 1.95. The quantitative estimate of drug-likeness (QED) is 0.808. The van der Waals surface area contributed by atoms with Crippen LogP contribution in [0, 0.1) is 17.3 Å². The second-order valence-corrected chi connectivity index (χ2v) is 7.47. The molecule has 0 unspecified atom stereocenters. The van der Waals surface area contributed by atoms with E-state index in [4.69, 9.17) is 23.2 Å². The van der Waals surface area contributed by atoms with Crippen LogP contribution in [-0.4, -0.2) is 15.9 Å². The first-order chi connectivity index (χ1) is 9.79. The first-order valence-corrected chi connectivity index (χ1v) is 8.01. The Bertz CT molecular complexity index is 520. The lowest BCUT2D eigenvalue weighted by atomic mass is 9.70. The average molecular weight is 330 g/mol. The van der Waals surface area contributed by atoms with Gasteiger partial charge >= 0.3 is 0 Å². The Morgan fingerprint density at radius 1 is 1.19 bits per heavy atom. The van der Waals surface area contributed by atoms with Gasteiger partial charge in [-0.25, -0.2) is 9.97 Å². The standard InChI is InChI=1S/C15H21Cl2N3O/c1-15(2,3)10-6-4-9(5-7-10)14(21)20-13-11(16)12(17)18-8-19-13/h8-10H,4-7H2,1-3H3,(H,18,19,20,21). The molecule has 6 heteroatoms. The van der Waals surface area contributed by atoms with E-state index in [0.29, 0.717) is 17.2 Å². The molecule has 2 rings (SSSR count). The molecular weight excluding hydrogens is 309 g/mol. The van der Waals surface area contributed by atoms with E-state index in [1.807, 2.05) is 0 Å². The first kappa shape index (κ1) is 16.5. The van der Waals surface area contributed by atoms with Gasteiger partial charge in [-0.1, -0.05) is 44.0 Å². The van der Waals surface area contributed by atoms with Crippen molar-refractivity contribution in [2.24, 2.45) is 17.3 Å². The third-order valence-corrected chi connectivity index (χ3v) is 5.05. The number of rotatable bonds is 2. The highest BCUT2D eigenvalue weighted by Gasteiger charge is 2.32. The van der Waals surface area contributed by atoms with Gasteiger partial charge in [0.05, 0.1) is 0 Å². The van der Waals surface area contributed by atoms with Crippen molar-refractivity contribution in [3.8, 4) is 0 Å². The summed E-state index contributed by atoms with van der Waals surface area (Å²) in [6.45, 7) is 6.79. The Morgan fingerprint density at radius 2 is 1.81 bits per heavy atom. The van der Waals surface area contributed by atoms with Crippen LogP contribution >= 0.6 is 23.2 Å². The molecule has 4 nitrogen and oxygen atoms in total. The summed E-state index contributed by atoms with van der Waals surface area (Å²) in [6, 6.07) is 0. The maximum absolute atomic E-state index is 12.3. The lowest BCUT2D eigenvalue weighted by Crippen LogP contribution is -2.31. The van der Waals surface area contributed by atoms with E-state index in [1.165, 1.54) is 6.33 Å². The number of hydrogen-bond acceptors (Lipinski definition) is 3. The van der Waals surface area contributed by atoms with Crippen LogP contribution in [0.25, 0.3) is 0 Å². The Kier molecular flexibility index (Phi) is 5.10. The number of anilines is 1. The topological polar surface area (TPSA) is 54.9 Å². The predicted molar refractivity (Wildman–Crippen MR) is 85.6 cm³/mol. The molecule has 21 heavy (non-hydrogen) atoms. The monoisotopic (exact) mass is 329 g/mol. The number of halogens is 2. The average Bonchev–Trinajstić information content (AvgIpc) is 2.43. The summed E-state index contributed by atoms with van der Waals surface area (Å²) in [5.74, 6) is 0.964. The van der Waals surface area contributed by atoms with Crippen molar-refractivity contribution in [2.45, 2.75) is 46.5 Å². The summed E-state index contributed by atoms with van der Waals surface area (Å²) >= 11 is 11.8. The molecule has 0 bridgehead atoms. The zero-order valence-electron chi connectivity index (χ0n) is 12.6. The van der Waals surface area contributed by atoms with E-state index in [-0.39, 0.29) is 22.0 Å². The molecule has 1 aliphatic carbocycles. The lowest BCUT2D eigenvalue weighted by Gasteiger charge is -2.36. The molecule has 1 aliphatic rings. The van der Waals surface area contributed by atoms with Crippen LogP contribution < -0.4 is 5.32 Å². The molecule has 0 aliphatic heterocycles. The van der Waals surface area contributed by atoms with Crippen LogP contribution in [0.2, 0.25) is 10.2 Å². The molecular formula is C15H21Cl2N3O. The van der Waals surface area contributed by atoms with Crippen LogP contribution in [0.3, 0.4) is 0 Å². The second kappa shape index (κ2) is 6.49. The number of hydrogen-bond donors (Lipinski definition) is 1. The fraction of sp³-hybridized carbons (Fsp3) is 0.667. The van der Waals surface area contributed by atoms with Crippen LogP contribution in [0.15, 0.2) is 6.33 Å². The van der Waals surface area contributed by atoms with Gasteiger partial charge in [-0.15, -0.1) is 0 Å². The van der Waals surface area contributed by atoms with Gasteiger partial charge < -0.3 is 5.32 Å². The van der Waals surface area contributed by atoms with Crippen LogP contribution in [0.1, 0.15) is 46.5 Å². The molecule has 0 saturated heterocycles. The normalized spacial score (nSPS) is 22.9. The molecule has 0 atom stereocenters. The van der Waals surface area contributed by atoms with Crippen LogP contribution in [0.5, 0.6) is 0 Å². The Hall–Kier alpha value is -0.870. The van der Waals surface area contributed by atoms with Crippen molar-refractivity contribution in [3.63, 3.8) is 0 Å². The number of carbonyl (C=O) groups is 1. The SMILES string of the molecule is CC(C)(C)C1CCC(C(=O)Nc2ncnc(Cl)c2Cl)CC1. The number of aromatic nitrogens is 2. The fourth-order valence-electron chi connectivity index (χ4n) is 2.88. The van der Waals surface area contributed by atoms with Gasteiger partial charge in [0.2, 0.25) is 5.91 Å². The van der Waals surface area contributed by atoms with Crippen molar-refractivity contribution >= 4 is 34.9 Å². The molecule has 1 aromatic heterocycles. The van der Waals surface area contributed by atoms with Gasteiger partial charge in [-0.05, 0) is 37.0 Å². The highest BCUT2D eigenvalue weighted by Crippen LogP contribution is 2.40. The minimum absolute atomic E-state index is 0.0217. The van der Waals surface area contributed by atoms with Crippen molar-refractivity contribution in [1.82, 2.24) is 9.97 Å². The smallest absolute Gasteiger partial charge is 0.228 e. The Labute approximate surface area is 135 Å². The second-order valence-electron chi connectivity index (χ2n) is 6.73. The van der Waals surface area contributed by atoms with Crippen molar-refractivity contribution in [3.05, 3.63) is 16.5 Å². The molecule has 0 aromatic carbocycles. The third kappa shape index (κ3) is 4.07. The number of amides is 1. The van der Waals surface area contributed by atoms with E-state index < -0.39 is 0 Å². The first-order valence-electron chi connectivity index (χ1n) is 7.26. The summed E-state index contributed by atoms with van der Waals surface area (Å²) in [6.07, 6.45) is 5.27. The highest BCUT2D eigenvalue weighted by atomic mass is 35.5. The van der Waals surface area contributed by atoms with E-state index in [2.05, 4.69) is 36.1 Å². The van der Waals surface area contributed by atoms with Gasteiger partial charge in [0.1, 0.15) is 11.3 Å². The summed E-state index contributed by atoms with van der Waals surface area (Å²) in [5, 5.41) is 3.11. The highest BCUT2D eigenvalue weighted by molar-refractivity contribution is 6.42. The van der Waals surface area contributed by atoms with E-state index in [9.17, 15) is 4.79 Å². The van der Waals surface area contributed by atoms with E-state index in [0.717, 1.165) is 25.7 Å². The van der Waals surface area contributed by atoms with E-state index >= 15 is 0 Å². The maximum atomic E-state index is 12.3. The number of nitrogens with zero attached hydrogens (tertiary/aromatic N) is 2.